The molecule has 1 aromatic heterocycles. The minimum atomic E-state index is -4.30. The van der Waals surface area contributed by atoms with Gasteiger partial charge in [0, 0.05) is 6.54 Å². The highest BCUT2D eigenvalue weighted by atomic mass is 19.4. The molecule has 0 amide bonds. The molecule has 0 aliphatic carbocycles. The molecule has 1 N–H and O–H groups in total. The normalized spacial score (nSPS) is 12.1. The molecule has 0 saturated carbocycles. The highest BCUT2D eigenvalue weighted by Crippen LogP contribution is 2.20. The van der Waals surface area contributed by atoms with Crippen molar-refractivity contribution in [3.05, 3.63) is 11.6 Å². The van der Waals surface area contributed by atoms with E-state index < -0.39 is 19.2 Å². The fourth-order valence-electron chi connectivity index (χ4n) is 1.16. The molecule has 0 bridgehead atoms. The highest BCUT2D eigenvalue weighted by molar-refractivity contribution is 4.96. The van der Waals surface area contributed by atoms with E-state index in [0.717, 1.165) is 0 Å². The molecule has 0 radical (unpaired) electrons. The van der Waals surface area contributed by atoms with Gasteiger partial charge in [0.2, 0.25) is 0 Å². The number of aliphatic hydroxyl groups excluding tert-OH is 1. The van der Waals surface area contributed by atoms with Crippen molar-refractivity contribution in [2.45, 2.75) is 32.7 Å². The molecule has 1 aromatic rings. The van der Waals surface area contributed by atoms with E-state index in [2.05, 4.69) is 10.2 Å². The minimum absolute atomic E-state index is 0.159. The zero-order valence-corrected chi connectivity index (χ0v) is 7.54. The molecule has 0 saturated heterocycles. The van der Waals surface area contributed by atoms with Gasteiger partial charge >= 0.3 is 6.18 Å². The first kappa shape index (κ1) is 11.0. The molecule has 0 unspecified atom stereocenters. The van der Waals surface area contributed by atoms with E-state index in [-0.39, 0.29) is 11.6 Å². The SMILES string of the molecule is CCn1c(CO)nnc1CC(F)(F)F. The zero-order valence-electron chi connectivity index (χ0n) is 7.54. The summed E-state index contributed by atoms with van der Waals surface area (Å²) < 4.78 is 37.3. The summed E-state index contributed by atoms with van der Waals surface area (Å²) >= 11 is 0. The third-order valence-electron chi connectivity index (χ3n) is 1.72. The summed E-state index contributed by atoms with van der Waals surface area (Å²) in [6.07, 6.45) is -5.42. The van der Waals surface area contributed by atoms with Crippen LogP contribution < -0.4 is 0 Å². The average molecular weight is 209 g/mol. The smallest absolute Gasteiger partial charge is 0.388 e. The van der Waals surface area contributed by atoms with E-state index in [4.69, 9.17) is 5.11 Å². The van der Waals surface area contributed by atoms with Crippen molar-refractivity contribution in [3.8, 4) is 0 Å². The van der Waals surface area contributed by atoms with Gasteiger partial charge in [-0.1, -0.05) is 0 Å². The maximum absolute atomic E-state index is 12.0. The first-order valence-electron chi connectivity index (χ1n) is 4.06. The molecule has 0 aliphatic rings. The molecule has 1 heterocycles. The van der Waals surface area contributed by atoms with Crippen LogP contribution in [0.3, 0.4) is 0 Å². The van der Waals surface area contributed by atoms with Gasteiger partial charge < -0.3 is 9.67 Å². The monoisotopic (exact) mass is 209 g/mol. The van der Waals surface area contributed by atoms with Crippen molar-refractivity contribution < 1.29 is 18.3 Å². The largest absolute Gasteiger partial charge is 0.396 e. The van der Waals surface area contributed by atoms with Crippen molar-refractivity contribution in [1.29, 1.82) is 0 Å². The Morgan fingerprint density at radius 1 is 1.29 bits per heavy atom. The van der Waals surface area contributed by atoms with Crippen molar-refractivity contribution in [2.75, 3.05) is 0 Å². The third-order valence-corrected chi connectivity index (χ3v) is 1.72. The number of halogens is 3. The zero-order chi connectivity index (χ0) is 10.8. The van der Waals surface area contributed by atoms with Gasteiger partial charge in [-0.15, -0.1) is 10.2 Å². The summed E-state index contributed by atoms with van der Waals surface area (Å²) in [5, 5.41) is 15.6. The average Bonchev–Trinajstić information content (AvgIpc) is 2.43. The van der Waals surface area contributed by atoms with Crippen LogP contribution in [0.2, 0.25) is 0 Å². The maximum Gasteiger partial charge on any atom is 0.396 e. The molecule has 0 atom stereocenters. The molecule has 0 aromatic carbocycles. The van der Waals surface area contributed by atoms with Crippen LogP contribution in [0.4, 0.5) is 13.2 Å². The second-order valence-corrected chi connectivity index (χ2v) is 2.73. The number of hydrogen-bond donors (Lipinski definition) is 1. The van der Waals surface area contributed by atoms with Crippen molar-refractivity contribution in [1.82, 2.24) is 14.8 Å². The lowest BCUT2D eigenvalue weighted by atomic mass is 10.4. The lowest BCUT2D eigenvalue weighted by Crippen LogP contribution is -2.16. The summed E-state index contributed by atoms with van der Waals surface area (Å²) in [6.45, 7) is 1.58. The van der Waals surface area contributed by atoms with Gasteiger partial charge in [0.1, 0.15) is 18.9 Å². The second kappa shape index (κ2) is 3.95. The predicted octanol–water partition coefficient (Wildman–Crippen LogP) is 0.895. The van der Waals surface area contributed by atoms with E-state index >= 15 is 0 Å². The van der Waals surface area contributed by atoms with Gasteiger partial charge in [-0.3, -0.25) is 0 Å². The molecular formula is C7H10F3N3O. The highest BCUT2D eigenvalue weighted by Gasteiger charge is 2.31. The number of rotatable bonds is 3. The van der Waals surface area contributed by atoms with Crippen LogP contribution in [0.15, 0.2) is 0 Å². The molecule has 0 aliphatic heterocycles. The lowest BCUT2D eigenvalue weighted by molar-refractivity contribution is -0.129. The van der Waals surface area contributed by atoms with Crippen LogP contribution in [0.5, 0.6) is 0 Å². The Hall–Kier alpha value is -1.11. The summed E-state index contributed by atoms with van der Waals surface area (Å²) in [7, 11) is 0. The standard InChI is InChI=1S/C7H10F3N3O/c1-2-13-5(3-7(8,9)10)11-12-6(13)4-14/h14H,2-4H2,1H3. The van der Waals surface area contributed by atoms with Crippen molar-refractivity contribution >= 4 is 0 Å². The van der Waals surface area contributed by atoms with Crippen LogP contribution in [0.1, 0.15) is 18.6 Å². The van der Waals surface area contributed by atoms with Crippen molar-refractivity contribution in [3.63, 3.8) is 0 Å². The van der Waals surface area contributed by atoms with Gasteiger partial charge in [-0.05, 0) is 6.92 Å². The number of nitrogens with zero attached hydrogens (tertiary/aromatic N) is 3. The van der Waals surface area contributed by atoms with Crippen LogP contribution in [-0.4, -0.2) is 26.0 Å². The fourth-order valence-corrected chi connectivity index (χ4v) is 1.16. The topological polar surface area (TPSA) is 50.9 Å². The van der Waals surface area contributed by atoms with Crippen LogP contribution in [-0.2, 0) is 19.6 Å². The molecule has 0 fully saturated rings. The predicted molar refractivity (Wildman–Crippen MR) is 41.4 cm³/mol. The molecule has 0 spiro atoms. The molecule has 14 heavy (non-hydrogen) atoms. The summed E-state index contributed by atoms with van der Waals surface area (Å²) in [6, 6.07) is 0. The van der Waals surface area contributed by atoms with E-state index in [1.54, 1.807) is 6.92 Å². The first-order valence-corrected chi connectivity index (χ1v) is 4.06. The van der Waals surface area contributed by atoms with Crippen LogP contribution in [0.25, 0.3) is 0 Å². The molecular weight excluding hydrogens is 199 g/mol. The number of aromatic nitrogens is 3. The van der Waals surface area contributed by atoms with E-state index in [1.807, 2.05) is 0 Å². The molecule has 7 heteroatoms. The van der Waals surface area contributed by atoms with E-state index in [9.17, 15) is 13.2 Å². The molecule has 1 rings (SSSR count). The van der Waals surface area contributed by atoms with Gasteiger partial charge in [0.05, 0.1) is 0 Å². The van der Waals surface area contributed by atoms with E-state index in [0.29, 0.717) is 6.54 Å². The van der Waals surface area contributed by atoms with Crippen LogP contribution >= 0.6 is 0 Å². The van der Waals surface area contributed by atoms with Gasteiger partial charge in [-0.2, -0.15) is 13.2 Å². The van der Waals surface area contributed by atoms with Crippen LogP contribution in [0, 0.1) is 0 Å². The quantitative estimate of drug-likeness (QED) is 0.804. The summed E-state index contributed by atoms with van der Waals surface area (Å²) in [4.78, 5) is 0. The van der Waals surface area contributed by atoms with Gasteiger partial charge in [0.25, 0.3) is 0 Å². The minimum Gasteiger partial charge on any atom is -0.388 e. The third kappa shape index (κ3) is 2.44. The second-order valence-electron chi connectivity index (χ2n) is 2.73. The van der Waals surface area contributed by atoms with Gasteiger partial charge in [-0.25, -0.2) is 0 Å². The number of aliphatic hydroxyl groups is 1. The fraction of sp³-hybridized carbons (Fsp3) is 0.714. The molecule has 80 valence electrons. The Labute approximate surface area is 78.4 Å². The number of alkyl halides is 3. The Morgan fingerprint density at radius 3 is 2.29 bits per heavy atom. The lowest BCUT2D eigenvalue weighted by Gasteiger charge is -2.07. The Balaban J connectivity index is 2.92. The summed E-state index contributed by atoms with van der Waals surface area (Å²) in [5.74, 6) is -0.00389. The van der Waals surface area contributed by atoms with E-state index in [1.165, 1.54) is 4.57 Å². The van der Waals surface area contributed by atoms with Crippen molar-refractivity contribution in [2.24, 2.45) is 0 Å². The first-order chi connectivity index (χ1) is 6.48. The Kier molecular flexibility index (Phi) is 3.10. The maximum atomic E-state index is 12.0. The molecule has 4 nitrogen and oxygen atoms in total. The Bertz CT molecular complexity index is 308. The summed E-state index contributed by atoms with van der Waals surface area (Å²) in [5.41, 5.74) is 0. The van der Waals surface area contributed by atoms with Gasteiger partial charge in [0.15, 0.2) is 5.82 Å². The Morgan fingerprint density at radius 2 is 1.86 bits per heavy atom. The number of hydrogen-bond acceptors (Lipinski definition) is 3.